The van der Waals surface area contributed by atoms with Crippen LogP contribution in [0.5, 0.6) is 0 Å². The fraction of sp³-hybridized carbons (Fsp3) is 0.776. The SMILES string of the molecule is CCC/C=C\C/C=C\CCCCCCCC(=O)OCC(COP(=O)(O)OCC(CO)OC(=O)CCCCCCC/C=C\CCCCCC)OC(=O)CCCCCCCCC/C=C\C/C=C\CCCCC. The van der Waals surface area contributed by atoms with Gasteiger partial charge in [-0.3, -0.25) is 23.4 Å². The fourth-order valence-electron chi connectivity index (χ4n) is 7.54. The zero-order valence-corrected chi connectivity index (χ0v) is 45.6. The number of carbonyl (C=O) groups is 3. The summed E-state index contributed by atoms with van der Waals surface area (Å²) >= 11 is 0. The molecule has 0 saturated heterocycles. The monoisotopic (exact) mass is 1010 g/mol. The summed E-state index contributed by atoms with van der Waals surface area (Å²) in [6.07, 6.45) is 56.0. The van der Waals surface area contributed by atoms with Gasteiger partial charge in [0.1, 0.15) is 12.7 Å². The lowest BCUT2D eigenvalue weighted by Crippen LogP contribution is -2.30. The van der Waals surface area contributed by atoms with Crippen molar-refractivity contribution in [3.05, 3.63) is 60.8 Å². The molecule has 12 heteroatoms. The highest BCUT2D eigenvalue weighted by Gasteiger charge is 2.28. The van der Waals surface area contributed by atoms with Crippen LogP contribution in [0.1, 0.15) is 252 Å². The van der Waals surface area contributed by atoms with Crippen LogP contribution in [-0.4, -0.2) is 66.5 Å². The summed E-state index contributed by atoms with van der Waals surface area (Å²) in [6.45, 7) is 4.51. The van der Waals surface area contributed by atoms with Gasteiger partial charge in [-0.25, -0.2) is 4.57 Å². The molecule has 406 valence electrons. The summed E-state index contributed by atoms with van der Waals surface area (Å²) in [5.41, 5.74) is 0. The lowest BCUT2D eigenvalue weighted by atomic mass is 10.1. The summed E-state index contributed by atoms with van der Waals surface area (Å²) in [7, 11) is -4.75. The smallest absolute Gasteiger partial charge is 0.462 e. The van der Waals surface area contributed by atoms with Crippen molar-refractivity contribution in [1.29, 1.82) is 0 Å². The number of allylic oxidation sites excluding steroid dienone is 10. The largest absolute Gasteiger partial charge is 0.472 e. The third-order valence-corrected chi connectivity index (χ3v) is 12.8. The predicted octanol–water partition coefficient (Wildman–Crippen LogP) is 16.4. The molecule has 0 spiro atoms. The molecule has 0 aliphatic heterocycles. The Morgan fingerprint density at radius 1 is 0.400 bits per heavy atom. The highest BCUT2D eigenvalue weighted by Crippen LogP contribution is 2.43. The first-order valence-electron chi connectivity index (χ1n) is 28.2. The van der Waals surface area contributed by atoms with Crippen LogP contribution in [0.2, 0.25) is 0 Å². The number of rotatable bonds is 52. The van der Waals surface area contributed by atoms with Crippen molar-refractivity contribution < 1.29 is 52.2 Å². The van der Waals surface area contributed by atoms with Crippen molar-refractivity contribution in [2.24, 2.45) is 0 Å². The number of aliphatic hydroxyl groups excluding tert-OH is 1. The molecule has 0 saturated carbocycles. The van der Waals surface area contributed by atoms with E-state index in [-0.39, 0.29) is 25.9 Å². The number of hydrogen-bond acceptors (Lipinski definition) is 10. The highest BCUT2D eigenvalue weighted by molar-refractivity contribution is 7.47. The standard InChI is InChI=1S/C58H103O11P/c1-4-7-10-13-16-19-22-25-26-27-28-31-34-37-40-43-46-49-58(62)69-55(51-65-56(60)47-44-41-38-35-32-29-23-20-17-14-11-8-5-2)53-67-70(63,64)66-52-54(50-59)68-57(61)48-45-42-39-36-33-30-24-21-18-15-12-9-6-3/h11,14,16,19-21,23-26,54-55,59H,4-10,12-13,15,17-18,22,27-53H2,1-3H3,(H,63,64)/b14-11-,19-16-,23-20-,24-21-,26-25-. The van der Waals surface area contributed by atoms with E-state index in [1.54, 1.807) is 0 Å². The van der Waals surface area contributed by atoms with Crippen LogP contribution in [0.25, 0.3) is 0 Å². The first-order chi connectivity index (χ1) is 34.2. The summed E-state index contributed by atoms with van der Waals surface area (Å²) in [5.74, 6) is -1.49. The number of phosphoric acid groups is 1. The van der Waals surface area contributed by atoms with Crippen molar-refractivity contribution in [3.63, 3.8) is 0 Å². The Morgan fingerprint density at radius 2 is 0.729 bits per heavy atom. The lowest BCUT2D eigenvalue weighted by molar-refractivity contribution is -0.161. The topological polar surface area (TPSA) is 155 Å². The van der Waals surface area contributed by atoms with E-state index in [1.165, 1.54) is 70.6 Å². The molecule has 0 aliphatic rings. The van der Waals surface area contributed by atoms with Gasteiger partial charge in [0.05, 0.1) is 19.8 Å². The number of phosphoric ester groups is 1. The van der Waals surface area contributed by atoms with Crippen LogP contribution in [0.15, 0.2) is 60.8 Å². The zero-order chi connectivity index (χ0) is 51.3. The van der Waals surface area contributed by atoms with Crippen LogP contribution in [-0.2, 0) is 42.2 Å². The average molecular weight is 1010 g/mol. The minimum absolute atomic E-state index is 0.155. The Hall–Kier alpha value is -2.82. The van der Waals surface area contributed by atoms with Crippen molar-refractivity contribution in [1.82, 2.24) is 0 Å². The number of unbranched alkanes of at least 4 members (excludes halogenated alkanes) is 25. The summed E-state index contributed by atoms with van der Waals surface area (Å²) < 4.78 is 39.4. The second kappa shape index (κ2) is 52.5. The molecular formula is C58H103O11P. The molecule has 0 heterocycles. The van der Waals surface area contributed by atoms with Crippen LogP contribution in [0, 0.1) is 0 Å². The van der Waals surface area contributed by atoms with E-state index in [9.17, 15) is 28.9 Å². The van der Waals surface area contributed by atoms with Gasteiger partial charge < -0.3 is 24.2 Å². The van der Waals surface area contributed by atoms with E-state index in [4.69, 9.17) is 23.3 Å². The molecule has 2 N–H and O–H groups in total. The molecule has 0 radical (unpaired) electrons. The van der Waals surface area contributed by atoms with Gasteiger partial charge in [-0.15, -0.1) is 0 Å². The van der Waals surface area contributed by atoms with Crippen LogP contribution in [0.3, 0.4) is 0 Å². The van der Waals surface area contributed by atoms with Gasteiger partial charge in [0.2, 0.25) is 0 Å². The molecule has 0 bridgehead atoms. The molecular weight excluding hydrogens is 904 g/mol. The Balaban J connectivity index is 4.75. The van der Waals surface area contributed by atoms with E-state index in [0.29, 0.717) is 19.3 Å². The molecule has 70 heavy (non-hydrogen) atoms. The summed E-state index contributed by atoms with van der Waals surface area (Å²) in [6, 6.07) is 0. The van der Waals surface area contributed by atoms with Crippen LogP contribution < -0.4 is 0 Å². The Bertz CT molecular complexity index is 1410. The first kappa shape index (κ1) is 67.2. The van der Waals surface area contributed by atoms with Crippen molar-refractivity contribution in [2.75, 3.05) is 26.4 Å². The van der Waals surface area contributed by atoms with Crippen LogP contribution >= 0.6 is 7.82 Å². The highest BCUT2D eigenvalue weighted by atomic mass is 31.2. The maximum absolute atomic E-state index is 12.9. The maximum Gasteiger partial charge on any atom is 0.472 e. The molecule has 0 aromatic rings. The first-order valence-corrected chi connectivity index (χ1v) is 29.7. The number of ether oxygens (including phenoxy) is 3. The normalized spacial score (nSPS) is 13.8. The fourth-order valence-corrected chi connectivity index (χ4v) is 8.32. The minimum Gasteiger partial charge on any atom is -0.462 e. The number of aliphatic hydroxyl groups is 1. The van der Waals surface area contributed by atoms with Gasteiger partial charge >= 0.3 is 25.7 Å². The maximum atomic E-state index is 12.9. The molecule has 0 aromatic heterocycles. The van der Waals surface area contributed by atoms with E-state index < -0.39 is 57.8 Å². The number of carbonyl (C=O) groups excluding carboxylic acids is 3. The second-order valence-corrected chi connectivity index (χ2v) is 20.2. The molecule has 0 aliphatic carbocycles. The van der Waals surface area contributed by atoms with E-state index in [2.05, 4.69) is 81.5 Å². The summed E-state index contributed by atoms with van der Waals surface area (Å²) in [5, 5.41) is 9.79. The van der Waals surface area contributed by atoms with Crippen molar-refractivity contribution in [3.8, 4) is 0 Å². The third-order valence-electron chi connectivity index (χ3n) is 11.9. The lowest BCUT2D eigenvalue weighted by Gasteiger charge is -2.21. The van der Waals surface area contributed by atoms with Gasteiger partial charge in [0.25, 0.3) is 0 Å². The van der Waals surface area contributed by atoms with Crippen LogP contribution in [0.4, 0.5) is 0 Å². The number of esters is 3. The summed E-state index contributed by atoms with van der Waals surface area (Å²) in [4.78, 5) is 48.4. The molecule has 0 fully saturated rings. The second-order valence-electron chi connectivity index (χ2n) is 18.7. The van der Waals surface area contributed by atoms with Crippen molar-refractivity contribution in [2.45, 2.75) is 264 Å². The molecule has 0 amide bonds. The predicted molar refractivity (Wildman–Crippen MR) is 288 cm³/mol. The average Bonchev–Trinajstić information content (AvgIpc) is 3.35. The molecule has 3 atom stereocenters. The van der Waals surface area contributed by atoms with Crippen molar-refractivity contribution >= 4 is 25.7 Å². The minimum atomic E-state index is -4.75. The van der Waals surface area contributed by atoms with Gasteiger partial charge in [0, 0.05) is 19.3 Å². The van der Waals surface area contributed by atoms with E-state index in [0.717, 1.165) is 122 Å². The third kappa shape index (κ3) is 50.1. The molecule has 0 rings (SSSR count). The molecule has 11 nitrogen and oxygen atoms in total. The van der Waals surface area contributed by atoms with Gasteiger partial charge in [0.15, 0.2) is 6.10 Å². The van der Waals surface area contributed by atoms with Gasteiger partial charge in [-0.2, -0.15) is 0 Å². The Labute approximate surface area is 427 Å². The Morgan fingerprint density at radius 3 is 1.16 bits per heavy atom. The number of hydrogen-bond donors (Lipinski definition) is 2. The van der Waals surface area contributed by atoms with Gasteiger partial charge in [-0.05, 0) is 103 Å². The Kier molecular flexibility index (Phi) is 50.4. The van der Waals surface area contributed by atoms with E-state index >= 15 is 0 Å². The van der Waals surface area contributed by atoms with E-state index in [1.807, 2.05) is 0 Å². The zero-order valence-electron chi connectivity index (χ0n) is 44.7. The molecule has 0 aromatic carbocycles. The van der Waals surface area contributed by atoms with Gasteiger partial charge in [-0.1, -0.05) is 191 Å². The molecule has 3 unspecified atom stereocenters. The quantitative estimate of drug-likeness (QED) is 0.0197.